The number of ether oxygens (including phenoxy) is 3. The van der Waals surface area contributed by atoms with Crippen LogP contribution in [0.1, 0.15) is 12.8 Å². The highest BCUT2D eigenvalue weighted by atomic mass is 35.5. The first-order valence-electron chi connectivity index (χ1n) is 7.57. The van der Waals surface area contributed by atoms with Crippen LogP contribution < -0.4 is 14.8 Å². The van der Waals surface area contributed by atoms with E-state index in [2.05, 4.69) is 5.32 Å². The van der Waals surface area contributed by atoms with E-state index >= 15 is 0 Å². The lowest BCUT2D eigenvalue weighted by molar-refractivity contribution is -0.147. The second kappa shape index (κ2) is 6.49. The molecule has 2 bridgehead atoms. The molecule has 0 saturated carbocycles. The fourth-order valence-electron chi connectivity index (χ4n) is 3.50. The van der Waals surface area contributed by atoms with Crippen molar-refractivity contribution in [3.05, 3.63) is 17.2 Å². The summed E-state index contributed by atoms with van der Waals surface area (Å²) in [6.45, 7) is 0. The molecule has 0 radical (unpaired) electrons. The molecule has 0 spiro atoms. The summed E-state index contributed by atoms with van der Waals surface area (Å²) in [6.07, 6.45) is 0.595. The van der Waals surface area contributed by atoms with Crippen LogP contribution in [-0.4, -0.2) is 43.4 Å². The number of amides is 1. The molecule has 0 unspecified atom stereocenters. The zero-order valence-corrected chi connectivity index (χ0v) is 14.0. The van der Waals surface area contributed by atoms with Gasteiger partial charge in [-0.2, -0.15) is 0 Å². The minimum absolute atomic E-state index is 0.346. The molecular weight excluding hydrogens is 338 g/mol. The molecule has 8 heteroatoms. The Hall–Kier alpha value is -1.99. The first-order valence-corrected chi connectivity index (χ1v) is 7.94. The van der Waals surface area contributed by atoms with E-state index in [9.17, 15) is 14.7 Å². The second-order valence-electron chi connectivity index (χ2n) is 5.86. The summed E-state index contributed by atoms with van der Waals surface area (Å²) in [5, 5.41) is 12.5. The Balaban J connectivity index is 1.86. The number of anilines is 1. The SMILES string of the molecule is COc1cc(NC(=O)[C@@H]2[C@@H](C(=O)O)[C@H]3CC[C@@H]2O3)c(OC)cc1Cl. The number of carbonyl (C=O) groups excluding carboxylic acids is 1. The number of methoxy groups -OCH3 is 2. The van der Waals surface area contributed by atoms with Crippen LogP contribution >= 0.6 is 11.6 Å². The number of nitrogens with one attached hydrogen (secondary N) is 1. The van der Waals surface area contributed by atoms with Crippen molar-refractivity contribution in [2.24, 2.45) is 11.8 Å². The maximum Gasteiger partial charge on any atom is 0.310 e. The van der Waals surface area contributed by atoms with Crippen molar-refractivity contribution in [2.45, 2.75) is 25.0 Å². The number of rotatable bonds is 5. The molecule has 3 rings (SSSR count). The van der Waals surface area contributed by atoms with Gasteiger partial charge in [0.15, 0.2) is 0 Å². The number of hydrogen-bond donors (Lipinski definition) is 2. The summed E-state index contributed by atoms with van der Waals surface area (Å²) in [7, 11) is 2.91. The predicted octanol–water partition coefficient (Wildman–Crippen LogP) is 2.17. The Morgan fingerprint density at radius 3 is 2.38 bits per heavy atom. The highest BCUT2D eigenvalue weighted by Crippen LogP contribution is 2.44. The quantitative estimate of drug-likeness (QED) is 0.840. The molecule has 2 saturated heterocycles. The zero-order valence-electron chi connectivity index (χ0n) is 13.2. The van der Waals surface area contributed by atoms with Crippen molar-refractivity contribution in [3.63, 3.8) is 0 Å². The number of aliphatic carboxylic acids is 1. The number of carboxylic acid groups (broad SMARTS) is 1. The predicted molar refractivity (Wildman–Crippen MR) is 85.7 cm³/mol. The van der Waals surface area contributed by atoms with Crippen molar-refractivity contribution < 1.29 is 28.9 Å². The average molecular weight is 356 g/mol. The third-order valence-corrected chi connectivity index (χ3v) is 4.89. The molecule has 7 nitrogen and oxygen atoms in total. The minimum atomic E-state index is -1.01. The van der Waals surface area contributed by atoms with Gasteiger partial charge in [-0.05, 0) is 12.8 Å². The molecule has 0 aliphatic carbocycles. The normalized spacial score (nSPS) is 27.8. The number of carbonyl (C=O) groups is 2. The molecule has 24 heavy (non-hydrogen) atoms. The van der Waals surface area contributed by atoms with Gasteiger partial charge in [0.1, 0.15) is 11.5 Å². The number of benzene rings is 1. The van der Waals surface area contributed by atoms with Gasteiger partial charge >= 0.3 is 5.97 Å². The zero-order chi connectivity index (χ0) is 17.4. The largest absolute Gasteiger partial charge is 0.495 e. The van der Waals surface area contributed by atoms with Gasteiger partial charge in [0, 0.05) is 12.1 Å². The van der Waals surface area contributed by atoms with Crippen LogP contribution in [0.3, 0.4) is 0 Å². The summed E-state index contributed by atoms with van der Waals surface area (Å²) in [6, 6.07) is 3.07. The molecule has 130 valence electrons. The third-order valence-electron chi connectivity index (χ3n) is 4.59. The smallest absolute Gasteiger partial charge is 0.310 e. The molecule has 0 aromatic heterocycles. The van der Waals surface area contributed by atoms with Gasteiger partial charge in [-0.15, -0.1) is 0 Å². The van der Waals surface area contributed by atoms with E-state index in [1.54, 1.807) is 6.07 Å². The lowest BCUT2D eigenvalue weighted by Gasteiger charge is -2.24. The van der Waals surface area contributed by atoms with E-state index in [1.165, 1.54) is 20.3 Å². The highest BCUT2D eigenvalue weighted by molar-refractivity contribution is 6.32. The summed E-state index contributed by atoms with van der Waals surface area (Å²) < 4.78 is 16.0. The molecule has 2 heterocycles. The highest BCUT2D eigenvalue weighted by Gasteiger charge is 2.55. The van der Waals surface area contributed by atoms with E-state index in [0.29, 0.717) is 35.1 Å². The first kappa shape index (κ1) is 16.9. The van der Waals surface area contributed by atoms with Gasteiger partial charge in [0.25, 0.3) is 0 Å². The standard InChI is InChI=1S/C16H18ClNO6/c1-22-11-6-8(12(23-2)5-7(11)17)18-15(19)13-9-3-4-10(24-9)14(13)16(20)21/h5-6,9-10,13-14H,3-4H2,1-2H3,(H,18,19)(H,20,21)/t9-,10+,13-,14-/m0/s1. The number of halogens is 1. The van der Waals surface area contributed by atoms with E-state index < -0.39 is 29.8 Å². The molecule has 1 aromatic carbocycles. The van der Waals surface area contributed by atoms with Gasteiger partial charge in [-0.1, -0.05) is 11.6 Å². The van der Waals surface area contributed by atoms with Crippen molar-refractivity contribution in [3.8, 4) is 11.5 Å². The Morgan fingerprint density at radius 1 is 1.17 bits per heavy atom. The molecule has 1 amide bonds. The van der Waals surface area contributed by atoms with Crippen molar-refractivity contribution in [1.29, 1.82) is 0 Å². The van der Waals surface area contributed by atoms with Crippen LogP contribution in [0.2, 0.25) is 5.02 Å². The molecule has 4 atom stereocenters. The minimum Gasteiger partial charge on any atom is -0.495 e. The Bertz CT molecular complexity index is 679. The Kier molecular flexibility index (Phi) is 4.56. The van der Waals surface area contributed by atoms with Crippen LogP contribution in [0.5, 0.6) is 11.5 Å². The van der Waals surface area contributed by atoms with E-state index in [4.69, 9.17) is 25.8 Å². The van der Waals surface area contributed by atoms with Crippen molar-refractivity contribution in [2.75, 3.05) is 19.5 Å². The van der Waals surface area contributed by atoms with E-state index in [0.717, 1.165) is 0 Å². The Morgan fingerprint density at radius 2 is 1.79 bits per heavy atom. The molecule has 2 aliphatic heterocycles. The summed E-state index contributed by atoms with van der Waals surface area (Å²) in [5.74, 6) is -2.23. The second-order valence-corrected chi connectivity index (χ2v) is 6.26. The lowest BCUT2D eigenvalue weighted by Crippen LogP contribution is -2.41. The first-order chi connectivity index (χ1) is 11.5. The van der Waals surface area contributed by atoms with Crippen molar-refractivity contribution in [1.82, 2.24) is 0 Å². The average Bonchev–Trinajstić information content (AvgIpc) is 3.16. The summed E-state index contributed by atoms with van der Waals surface area (Å²) in [5.41, 5.74) is 0.371. The van der Waals surface area contributed by atoms with Crippen LogP contribution in [0.15, 0.2) is 12.1 Å². The fourth-order valence-corrected chi connectivity index (χ4v) is 3.73. The maximum atomic E-state index is 12.7. The van der Waals surface area contributed by atoms with Gasteiger partial charge in [0.2, 0.25) is 5.91 Å². The van der Waals surface area contributed by atoms with E-state index in [1.807, 2.05) is 0 Å². The van der Waals surface area contributed by atoms with Gasteiger partial charge < -0.3 is 24.6 Å². The lowest BCUT2D eigenvalue weighted by atomic mass is 9.78. The Labute approximate surface area is 143 Å². The van der Waals surface area contributed by atoms with Crippen LogP contribution in [0.25, 0.3) is 0 Å². The molecule has 2 aliphatic rings. The van der Waals surface area contributed by atoms with Gasteiger partial charge in [-0.3, -0.25) is 9.59 Å². The van der Waals surface area contributed by atoms with Crippen LogP contribution in [0.4, 0.5) is 5.69 Å². The van der Waals surface area contributed by atoms with Gasteiger partial charge in [0.05, 0.1) is 49.0 Å². The molecular formula is C16H18ClNO6. The summed E-state index contributed by atoms with van der Waals surface area (Å²) in [4.78, 5) is 24.2. The molecule has 2 N–H and O–H groups in total. The topological polar surface area (TPSA) is 94.1 Å². The maximum absolute atomic E-state index is 12.7. The number of fused-ring (bicyclic) bond motifs is 2. The van der Waals surface area contributed by atoms with Crippen molar-refractivity contribution >= 4 is 29.2 Å². The monoisotopic (exact) mass is 355 g/mol. The third kappa shape index (κ3) is 2.78. The molecule has 1 aromatic rings. The van der Waals surface area contributed by atoms with Crippen LogP contribution in [-0.2, 0) is 14.3 Å². The summed E-state index contributed by atoms with van der Waals surface area (Å²) >= 11 is 6.04. The van der Waals surface area contributed by atoms with Crippen LogP contribution in [0, 0.1) is 11.8 Å². The van der Waals surface area contributed by atoms with E-state index in [-0.39, 0.29) is 6.10 Å². The fraction of sp³-hybridized carbons (Fsp3) is 0.500. The van der Waals surface area contributed by atoms with Gasteiger partial charge in [-0.25, -0.2) is 0 Å². The molecule has 2 fully saturated rings. The number of carboxylic acids is 1. The number of hydrogen-bond acceptors (Lipinski definition) is 5.